The zero-order valence-corrected chi connectivity index (χ0v) is 16.7. The van der Waals surface area contributed by atoms with E-state index in [9.17, 15) is 30.7 Å². The molecular formula is C23H19F7O. The first-order valence-corrected chi connectivity index (χ1v) is 9.22. The molecule has 0 amide bonds. The minimum Gasteiger partial charge on any atom is -0.317 e. The van der Waals surface area contributed by atoms with Gasteiger partial charge in [0.15, 0.2) is 11.7 Å². The van der Waals surface area contributed by atoms with Crippen molar-refractivity contribution < 1.29 is 35.5 Å². The second-order valence-electron chi connectivity index (χ2n) is 6.49. The van der Waals surface area contributed by atoms with E-state index in [2.05, 4.69) is 4.74 Å². The van der Waals surface area contributed by atoms with E-state index in [1.165, 1.54) is 13.0 Å². The normalized spacial score (nSPS) is 14.4. The average molecular weight is 444 g/mol. The molecule has 0 N–H and O–H groups in total. The quantitative estimate of drug-likeness (QED) is 0.434. The summed E-state index contributed by atoms with van der Waals surface area (Å²) in [7, 11) is 0. The van der Waals surface area contributed by atoms with Crippen LogP contribution in [0.1, 0.15) is 25.8 Å². The molecule has 8 heteroatoms. The van der Waals surface area contributed by atoms with E-state index >= 15 is 0 Å². The smallest absolute Gasteiger partial charge is 0.317 e. The molecule has 0 saturated heterocycles. The first-order chi connectivity index (χ1) is 14.6. The predicted molar refractivity (Wildman–Crippen MR) is 104 cm³/mol. The topological polar surface area (TPSA) is 9.23 Å². The molecule has 0 unspecified atom stereocenters. The number of benzene rings is 2. The van der Waals surface area contributed by atoms with Crippen molar-refractivity contribution in [1.82, 2.24) is 0 Å². The van der Waals surface area contributed by atoms with Crippen LogP contribution in [0.2, 0.25) is 0 Å². The molecule has 0 aliphatic heterocycles. The molecule has 0 atom stereocenters. The minimum absolute atomic E-state index is 0.165. The summed E-state index contributed by atoms with van der Waals surface area (Å²) in [4.78, 5) is 0. The average Bonchev–Trinajstić information content (AvgIpc) is 2.81. The van der Waals surface area contributed by atoms with Crippen LogP contribution < -0.4 is 0 Å². The standard InChI is InChI=1S/C15H12F4O.C8H7F3/c1-2-20-15(18,19)14-12(16)8-11(9-13(14)17)10-6-4-3-5-7-10;1-5-2-3-6(9)8(11)7(10)4-5/h3-9H,2H2,1H3;2,4H,3H2,1H3. The third-order valence-corrected chi connectivity index (χ3v) is 4.17. The summed E-state index contributed by atoms with van der Waals surface area (Å²) in [5.74, 6) is -6.22. The summed E-state index contributed by atoms with van der Waals surface area (Å²) in [5, 5.41) is 0. The number of hydrogen-bond acceptors (Lipinski definition) is 1. The number of ether oxygens (including phenoxy) is 1. The summed E-state index contributed by atoms with van der Waals surface area (Å²) < 4.78 is 96.1. The van der Waals surface area contributed by atoms with Crippen LogP contribution in [0.5, 0.6) is 0 Å². The lowest BCUT2D eigenvalue weighted by atomic mass is 10.0. The van der Waals surface area contributed by atoms with Gasteiger partial charge >= 0.3 is 6.11 Å². The van der Waals surface area contributed by atoms with Gasteiger partial charge in [0.05, 0.1) is 6.61 Å². The lowest BCUT2D eigenvalue weighted by molar-refractivity contribution is -0.249. The van der Waals surface area contributed by atoms with Crippen LogP contribution in [0.3, 0.4) is 0 Å². The highest BCUT2D eigenvalue weighted by atomic mass is 19.3. The van der Waals surface area contributed by atoms with Gasteiger partial charge in [-0.2, -0.15) is 8.78 Å². The van der Waals surface area contributed by atoms with Gasteiger partial charge in [-0.05, 0) is 43.2 Å². The molecule has 0 aromatic heterocycles. The van der Waals surface area contributed by atoms with Gasteiger partial charge in [0, 0.05) is 6.42 Å². The van der Waals surface area contributed by atoms with Crippen LogP contribution in [0.25, 0.3) is 11.1 Å². The van der Waals surface area contributed by atoms with Gasteiger partial charge in [-0.1, -0.05) is 42.0 Å². The zero-order valence-electron chi connectivity index (χ0n) is 16.7. The van der Waals surface area contributed by atoms with E-state index in [1.54, 1.807) is 37.3 Å². The second-order valence-corrected chi connectivity index (χ2v) is 6.49. The van der Waals surface area contributed by atoms with Crippen LogP contribution >= 0.6 is 0 Å². The molecule has 1 aliphatic carbocycles. The van der Waals surface area contributed by atoms with E-state index < -0.39 is 40.8 Å². The number of hydrogen-bond donors (Lipinski definition) is 0. The van der Waals surface area contributed by atoms with Crippen LogP contribution in [0, 0.1) is 11.6 Å². The monoisotopic (exact) mass is 444 g/mol. The Bertz CT molecular complexity index is 985. The minimum atomic E-state index is -3.99. The van der Waals surface area contributed by atoms with Crippen molar-refractivity contribution in [3.63, 3.8) is 0 Å². The van der Waals surface area contributed by atoms with Gasteiger partial charge in [-0.15, -0.1) is 0 Å². The maximum atomic E-state index is 13.8. The van der Waals surface area contributed by atoms with E-state index in [-0.39, 0.29) is 18.6 Å². The summed E-state index contributed by atoms with van der Waals surface area (Å²) in [6.07, 6.45) is -1.75. The Morgan fingerprint density at radius 2 is 1.48 bits per heavy atom. The van der Waals surface area contributed by atoms with Crippen molar-refractivity contribution in [2.24, 2.45) is 0 Å². The summed E-state index contributed by atoms with van der Waals surface area (Å²) in [6, 6.07) is 10.1. The SMILES string of the molecule is CC1=CCC(F)=C(F)C(F)=C1.CCOC(F)(F)c1c(F)cc(-c2ccccc2)cc1F. The number of halogens is 7. The van der Waals surface area contributed by atoms with Gasteiger partial charge in [0.2, 0.25) is 0 Å². The number of allylic oxidation sites excluding steroid dienone is 6. The summed E-state index contributed by atoms with van der Waals surface area (Å²) >= 11 is 0. The van der Waals surface area contributed by atoms with E-state index in [1.807, 2.05) is 0 Å². The molecule has 0 radical (unpaired) electrons. The maximum Gasteiger partial charge on any atom is 0.389 e. The maximum absolute atomic E-state index is 13.8. The molecule has 0 bridgehead atoms. The fourth-order valence-electron chi connectivity index (χ4n) is 2.69. The lowest BCUT2D eigenvalue weighted by Crippen LogP contribution is -2.21. The molecule has 31 heavy (non-hydrogen) atoms. The first-order valence-electron chi connectivity index (χ1n) is 9.22. The van der Waals surface area contributed by atoms with Gasteiger partial charge in [-0.3, -0.25) is 0 Å². The van der Waals surface area contributed by atoms with Crippen LogP contribution in [-0.2, 0) is 10.8 Å². The highest BCUT2D eigenvalue weighted by Crippen LogP contribution is 2.35. The van der Waals surface area contributed by atoms with E-state index in [0.29, 0.717) is 11.1 Å². The van der Waals surface area contributed by atoms with Gasteiger partial charge in [0.1, 0.15) is 23.0 Å². The fraction of sp³-hybridized carbons (Fsp3) is 0.217. The van der Waals surface area contributed by atoms with Crippen molar-refractivity contribution in [3.8, 4) is 11.1 Å². The Balaban J connectivity index is 0.000000262. The van der Waals surface area contributed by atoms with Crippen molar-refractivity contribution in [2.75, 3.05) is 6.61 Å². The molecule has 2 aromatic carbocycles. The van der Waals surface area contributed by atoms with E-state index in [4.69, 9.17) is 0 Å². The molecule has 0 heterocycles. The molecule has 0 saturated carbocycles. The third kappa shape index (κ3) is 6.30. The third-order valence-electron chi connectivity index (χ3n) is 4.17. The van der Waals surface area contributed by atoms with Crippen LogP contribution in [0.4, 0.5) is 30.7 Å². The molecule has 1 nitrogen and oxygen atoms in total. The van der Waals surface area contributed by atoms with Crippen molar-refractivity contribution >= 4 is 0 Å². The second kappa shape index (κ2) is 10.4. The predicted octanol–water partition coefficient (Wildman–Crippen LogP) is 8.06. The molecule has 0 spiro atoms. The fourth-order valence-corrected chi connectivity index (χ4v) is 2.69. The Kier molecular flexibility index (Phi) is 8.21. The Hall–Kier alpha value is -2.87. The van der Waals surface area contributed by atoms with Gasteiger partial charge < -0.3 is 4.74 Å². The van der Waals surface area contributed by atoms with Crippen LogP contribution in [0.15, 0.2) is 77.7 Å². The molecule has 0 fully saturated rings. The Morgan fingerprint density at radius 1 is 0.903 bits per heavy atom. The van der Waals surface area contributed by atoms with E-state index in [0.717, 1.165) is 18.2 Å². The van der Waals surface area contributed by atoms with Crippen LogP contribution in [-0.4, -0.2) is 6.61 Å². The summed E-state index contributed by atoms with van der Waals surface area (Å²) in [6.45, 7) is 2.56. The van der Waals surface area contributed by atoms with Crippen molar-refractivity contribution in [2.45, 2.75) is 26.4 Å². The largest absolute Gasteiger partial charge is 0.389 e. The Morgan fingerprint density at radius 3 is 2.03 bits per heavy atom. The van der Waals surface area contributed by atoms with Gasteiger partial charge in [0.25, 0.3) is 0 Å². The number of rotatable bonds is 4. The Labute approximate surface area is 175 Å². The molecule has 166 valence electrons. The highest BCUT2D eigenvalue weighted by molar-refractivity contribution is 5.64. The zero-order chi connectivity index (χ0) is 23.2. The van der Waals surface area contributed by atoms with Gasteiger partial charge in [-0.25, -0.2) is 22.0 Å². The molecule has 3 rings (SSSR count). The summed E-state index contributed by atoms with van der Waals surface area (Å²) in [5.41, 5.74) is -0.0995. The highest BCUT2D eigenvalue weighted by Gasteiger charge is 2.39. The number of alkyl halides is 2. The lowest BCUT2D eigenvalue weighted by Gasteiger charge is -2.18. The van der Waals surface area contributed by atoms with Crippen molar-refractivity contribution in [1.29, 1.82) is 0 Å². The van der Waals surface area contributed by atoms with Crippen molar-refractivity contribution in [3.05, 3.63) is 94.9 Å². The molecule has 1 aliphatic rings. The molecule has 2 aromatic rings. The first kappa shape index (κ1) is 24.4. The molecular weight excluding hydrogens is 425 g/mol.